The molecule has 2 aromatic heterocycles. The lowest BCUT2D eigenvalue weighted by molar-refractivity contribution is 0.437. The van der Waals surface area contributed by atoms with Crippen LogP contribution in [-0.4, -0.2) is 14.8 Å². The number of nitrogens with zero attached hydrogens (tertiary/aromatic N) is 3. The average molecular weight is 250 g/mol. The van der Waals surface area contributed by atoms with Gasteiger partial charge in [0.2, 0.25) is 0 Å². The fourth-order valence-corrected chi connectivity index (χ4v) is 2.75. The van der Waals surface area contributed by atoms with Gasteiger partial charge in [0.15, 0.2) is 0 Å². The van der Waals surface area contributed by atoms with E-state index in [2.05, 4.69) is 29.2 Å². The van der Waals surface area contributed by atoms with E-state index < -0.39 is 0 Å². The van der Waals surface area contributed by atoms with Gasteiger partial charge in [-0.2, -0.15) is 5.10 Å². The van der Waals surface area contributed by atoms with Crippen molar-refractivity contribution >= 4 is 11.3 Å². The van der Waals surface area contributed by atoms with Gasteiger partial charge in [0.05, 0.1) is 11.7 Å². The van der Waals surface area contributed by atoms with E-state index in [1.807, 2.05) is 35.6 Å². The van der Waals surface area contributed by atoms with Gasteiger partial charge in [-0.05, 0) is 19.4 Å². The number of aryl methyl sites for hydroxylation is 1. The first kappa shape index (κ1) is 12.3. The fraction of sp³-hybridized carbons (Fsp3) is 0.500. The lowest BCUT2D eigenvalue weighted by Crippen LogP contribution is -2.25. The minimum atomic E-state index is 0.274. The summed E-state index contributed by atoms with van der Waals surface area (Å²) in [4.78, 5) is 4.38. The van der Waals surface area contributed by atoms with E-state index in [4.69, 9.17) is 0 Å². The second-order valence-electron chi connectivity index (χ2n) is 4.10. The van der Waals surface area contributed by atoms with Gasteiger partial charge in [-0.25, -0.2) is 4.98 Å². The highest BCUT2D eigenvalue weighted by atomic mass is 32.1. The van der Waals surface area contributed by atoms with E-state index in [1.165, 1.54) is 5.69 Å². The van der Waals surface area contributed by atoms with Crippen LogP contribution < -0.4 is 5.32 Å². The topological polar surface area (TPSA) is 42.7 Å². The van der Waals surface area contributed by atoms with Gasteiger partial charge in [-0.1, -0.05) is 6.92 Å². The number of nitrogens with one attached hydrogen (secondary N) is 1. The quantitative estimate of drug-likeness (QED) is 0.887. The third-order valence-corrected chi connectivity index (χ3v) is 3.80. The Balaban J connectivity index is 2.07. The van der Waals surface area contributed by atoms with Gasteiger partial charge in [-0.3, -0.25) is 10.00 Å². The largest absolute Gasteiger partial charge is 0.300 e. The Bertz CT molecular complexity index is 449. The van der Waals surface area contributed by atoms with E-state index in [0.29, 0.717) is 6.04 Å². The molecule has 0 spiro atoms. The molecule has 0 bridgehead atoms. The molecule has 1 N–H and O–H groups in total. The molecule has 0 saturated carbocycles. The minimum Gasteiger partial charge on any atom is -0.300 e. The van der Waals surface area contributed by atoms with Crippen molar-refractivity contribution in [1.82, 2.24) is 20.1 Å². The Kier molecular flexibility index (Phi) is 3.91. The number of hydrogen-bond donors (Lipinski definition) is 1. The van der Waals surface area contributed by atoms with Crippen LogP contribution in [-0.2, 0) is 7.05 Å². The van der Waals surface area contributed by atoms with Gasteiger partial charge in [0.25, 0.3) is 0 Å². The maximum Gasteiger partial charge on any atom is 0.109 e. The summed E-state index contributed by atoms with van der Waals surface area (Å²) >= 11 is 1.70. The summed E-state index contributed by atoms with van der Waals surface area (Å²) in [5.74, 6) is 0. The van der Waals surface area contributed by atoms with Crippen molar-refractivity contribution in [1.29, 1.82) is 0 Å². The molecule has 2 rings (SSSR count). The van der Waals surface area contributed by atoms with Gasteiger partial charge < -0.3 is 0 Å². The molecule has 2 unspecified atom stereocenters. The summed E-state index contributed by atoms with van der Waals surface area (Å²) in [5, 5.41) is 11.0. The molecule has 0 aliphatic heterocycles. The molecular weight excluding hydrogens is 232 g/mol. The normalized spacial score (nSPS) is 14.8. The monoisotopic (exact) mass is 250 g/mol. The van der Waals surface area contributed by atoms with E-state index in [9.17, 15) is 0 Å². The van der Waals surface area contributed by atoms with Crippen LogP contribution in [0.5, 0.6) is 0 Å². The van der Waals surface area contributed by atoms with Crippen molar-refractivity contribution in [2.75, 3.05) is 0 Å². The molecule has 2 aromatic rings. The standard InChI is InChI=1S/C12H18N4S/c1-4-10(12-13-7-8-17-12)15-9(2)11-5-6-14-16(11)3/h5-10,15H,4H2,1-3H3. The van der Waals surface area contributed by atoms with Crippen molar-refractivity contribution in [3.63, 3.8) is 0 Å². The number of aromatic nitrogens is 3. The molecule has 0 amide bonds. The van der Waals surface area contributed by atoms with Crippen molar-refractivity contribution in [3.05, 3.63) is 34.5 Å². The van der Waals surface area contributed by atoms with Crippen LogP contribution in [0.1, 0.15) is 43.1 Å². The average Bonchev–Trinajstić information content (AvgIpc) is 2.96. The van der Waals surface area contributed by atoms with Crippen LogP contribution in [0.25, 0.3) is 0 Å². The first-order valence-electron chi connectivity index (χ1n) is 5.85. The molecule has 0 aromatic carbocycles. The van der Waals surface area contributed by atoms with Crippen molar-refractivity contribution in [2.45, 2.75) is 32.4 Å². The van der Waals surface area contributed by atoms with Gasteiger partial charge >= 0.3 is 0 Å². The smallest absolute Gasteiger partial charge is 0.109 e. The highest BCUT2D eigenvalue weighted by molar-refractivity contribution is 7.09. The molecule has 5 heteroatoms. The summed E-state index contributed by atoms with van der Waals surface area (Å²) in [6, 6.07) is 2.64. The number of hydrogen-bond acceptors (Lipinski definition) is 4. The molecule has 0 radical (unpaired) electrons. The van der Waals surface area contributed by atoms with Crippen LogP contribution in [0.4, 0.5) is 0 Å². The minimum absolute atomic E-state index is 0.274. The Morgan fingerprint density at radius 2 is 2.29 bits per heavy atom. The van der Waals surface area contributed by atoms with Crippen molar-refractivity contribution in [3.8, 4) is 0 Å². The van der Waals surface area contributed by atoms with E-state index in [1.54, 1.807) is 11.3 Å². The molecular formula is C12H18N4S. The summed E-state index contributed by atoms with van der Waals surface area (Å²) in [5.41, 5.74) is 1.19. The van der Waals surface area contributed by atoms with E-state index in [-0.39, 0.29) is 6.04 Å². The van der Waals surface area contributed by atoms with E-state index in [0.717, 1.165) is 11.4 Å². The number of rotatable bonds is 5. The van der Waals surface area contributed by atoms with Gasteiger partial charge in [-0.15, -0.1) is 11.3 Å². The first-order chi connectivity index (χ1) is 8.22. The summed E-state index contributed by atoms with van der Waals surface area (Å²) in [6.45, 7) is 4.34. The molecule has 0 aliphatic rings. The maximum absolute atomic E-state index is 4.38. The zero-order valence-electron chi connectivity index (χ0n) is 10.4. The second kappa shape index (κ2) is 5.42. The van der Waals surface area contributed by atoms with Gasteiger partial charge in [0.1, 0.15) is 5.01 Å². The predicted molar refractivity (Wildman–Crippen MR) is 69.9 cm³/mol. The lowest BCUT2D eigenvalue weighted by atomic mass is 10.1. The van der Waals surface area contributed by atoms with Crippen LogP contribution >= 0.6 is 11.3 Å². The number of thiazole rings is 1. The second-order valence-corrected chi connectivity index (χ2v) is 5.03. The summed E-state index contributed by atoms with van der Waals surface area (Å²) < 4.78 is 1.91. The van der Waals surface area contributed by atoms with Crippen molar-refractivity contribution < 1.29 is 0 Å². The Hall–Kier alpha value is -1.20. The van der Waals surface area contributed by atoms with Crippen molar-refractivity contribution in [2.24, 2.45) is 7.05 Å². The van der Waals surface area contributed by atoms with E-state index >= 15 is 0 Å². The Morgan fingerprint density at radius 3 is 2.82 bits per heavy atom. The van der Waals surface area contributed by atoms with Crippen LogP contribution in [0.2, 0.25) is 0 Å². The predicted octanol–water partition coefficient (Wildman–Crippen LogP) is 2.68. The third-order valence-electron chi connectivity index (χ3n) is 2.91. The SMILES string of the molecule is CCC(NC(C)c1ccnn1C)c1nccs1. The molecule has 92 valence electrons. The molecule has 17 heavy (non-hydrogen) atoms. The molecule has 2 heterocycles. The summed E-state index contributed by atoms with van der Waals surface area (Å²) in [6.07, 6.45) is 4.73. The molecule has 0 saturated heterocycles. The highest BCUT2D eigenvalue weighted by Crippen LogP contribution is 2.23. The molecule has 0 aliphatic carbocycles. The summed E-state index contributed by atoms with van der Waals surface area (Å²) in [7, 11) is 1.97. The Morgan fingerprint density at radius 1 is 1.47 bits per heavy atom. The van der Waals surface area contributed by atoms with Gasteiger partial charge in [0, 0.05) is 30.9 Å². The lowest BCUT2D eigenvalue weighted by Gasteiger charge is -2.20. The highest BCUT2D eigenvalue weighted by Gasteiger charge is 2.17. The zero-order valence-corrected chi connectivity index (χ0v) is 11.2. The van der Waals surface area contributed by atoms with Crippen LogP contribution in [0.15, 0.2) is 23.8 Å². The zero-order chi connectivity index (χ0) is 12.3. The maximum atomic E-state index is 4.38. The third kappa shape index (κ3) is 2.73. The molecule has 4 nitrogen and oxygen atoms in total. The first-order valence-corrected chi connectivity index (χ1v) is 6.73. The molecule has 0 fully saturated rings. The fourth-order valence-electron chi connectivity index (χ4n) is 1.97. The van der Waals surface area contributed by atoms with Crippen LogP contribution in [0, 0.1) is 0 Å². The molecule has 2 atom stereocenters. The Labute approximate surface area is 106 Å². The van der Waals surface area contributed by atoms with Crippen LogP contribution in [0.3, 0.4) is 0 Å².